The summed E-state index contributed by atoms with van der Waals surface area (Å²) in [6.45, 7) is 15.6. The third-order valence-electron chi connectivity index (χ3n) is 8.39. The van der Waals surface area contributed by atoms with E-state index in [1.54, 1.807) is 6.92 Å². The lowest BCUT2D eigenvalue weighted by Crippen LogP contribution is -2.46. The van der Waals surface area contributed by atoms with Gasteiger partial charge in [-0.15, -0.1) is 0 Å². The Balaban J connectivity index is 1.71. The van der Waals surface area contributed by atoms with Gasteiger partial charge in [0, 0.05) is 6.42 Å². The third kappa shape index (κ3) is 9.10. The number of amides is 2. The monoisotopic (exact) mass is 581 g/mol. The van der Waals surface area contributed by atoms with Crippen LogP contribution in [0.25, 0.3) is 0 Å². The summed E-state index contributed by atoms with van der Waals surface area (Å²) in [5, 5.41) is 11.4. The van der Waals surface area contributed by atoms with Crippen molar-refractivity contribution >= 4 is 20.3 Å². The zero-order chi connectivity index (χ0) is 30.2. The molecule has 4 atom stereocenters. The van der Waals surface area contributed by atoms with Crippen LogP contribution < -0.4 is 0 Å². The highest BCUT2D eigenvalue weighted by Crippen LogP contribution is 2.36. The fourth-order valence-corrected chi connectivity index (χ4v) is 5.39. The Kier molecular flexibility index (Phi) is 11.5. The second-order valence-electron chi connectivity index (χ2n) is 12.5. The SMILES string of the molecule is C/C(=C\CO[Si](C)(C)C(C)(C)C)[C@H](C[C@@H](O)[C@H](C)C(=O)N1C(=O)OC[C@@H]1Cc1ccccc1)OCc1ccccc1. The van der Waals surface area contributed by atoms with Crippen LogP contribution in [0, 0.1) is 5.92 Å². The molecule has 0 unspecified atom stereocenters. The highest BCUT2D eigenvalue weighted by atomic mass is 28.4. The summed E-state index contributed by atoms with van der Waals surface area (Å²) in [6, 6.07) is 19.1. The number of aliphatic hydroxyl groups is 1. The van der Waals surface area contributed by atoms with Gasteiger partial charge >= 0.3 is 6.09 Å². The van der Waals surface area contributed by atoms with Gasteiger partial charge in [0.15, 0.2) is 8.32 Å². The molecular weight excluding hydrogens is 534 g/mol. The van der Waals surface area contributed by atoms with E-state index in [2.05, 4.69) is 33.9 Å². The van der Waals surface area contributed by atoms with Crippen LogP contribution in [0.3, 0.4) is 0 Å². The predicted octanol–water partition coefficient (Wildman–Crippen LogP) is 6.52. The summed E-state index contributed by atoms with van der Waals surface area (Å²) in [5.41, 5.74) is 2.96. The summed E-state index contributed by atoms with van der Waals surface area (Å²) in [7, 11) is -1.93. The van der Waals surface area contributed by atoms with E-state index in [0.717, 1.165) is 16.7 Å². The molecule has 0 bridgehead atoms. The molecule has 2 aromatic carbocycles. The van der Waals surface area contributed by atoms with Crippen LogP contribution >= 0.6 is 0 Å². The van der Waals surface area contributed by atoms with Crippen molar-refractivity contribution in [3.05, 3.63) is 83.4 Å². The van der Waals surface area contributed by atoms with Crippen LogP contribution in [0.15, 0.2) is 72.3 Å². The molecule has 1 saturated heterocycles. The number of nitrogens with zero attached hydrogens (tertiary/aromatic N) is 1. The molecule has 2 aromatic rings. The van der Waals surface area contributed by atoms with Gasteiger partial charge in [-0.25, -0.2) is 9.69 Å². The van der Waals surface area contributed by atoms with Crippen molar-refractivity contribution in [2.24, 2.45) is 5.92 Å². The van der Waals surface area contributed by atoms with Crippen molar-refractivity contribution in [3.8, 4) is 0 Å². The molecule has 7 nitrogen and oxygen atoms in total. The van der Waals surface area contributed by atoms with Gasteiger partial charge < -0.3 is 19.0 Å². The molecule has 1 N–H and O–H groups in total. The summed E-state index contributed by atoms with van der Waals surface area (Å²) in [5.74, 6) is -1.26. The highest BCUT2D eigenvalue weighted by molar-refractivity contribution is 6.74. The van der Waals surface area contributed by atoms with E-state index in [4.69, 9.17) is 13.9 Å². The first-order chi connectivity index (χ1) is 19.3. The van der Waals surface area contributed by atoms with Gasteiger partial charge in [0.2, 0.25) is 5.91 Å². The van der Waals surface area contributed by atoms with E-state index < -0.39 is 44.5 Å². The first-order valence-corrected chi connectivity index (χ1v) is 17.4. The van der Waals surface area contributed by atoms with Crippen LogP contribution in [0.2, 0.25) is 18.1 Å². The molecule has 0 saturated carbocycles. The van der Waals surface area contributed by atoms with Crippen LogP contribution in [0.4, 0.5) is 4.79 Å². The normalized spacial score (nSPS) is 18.6. The van der Waals surface area contributed by atoms with Crippen molar-refractivity contribution in [2.75, 3.05) is 13.2 Å². The molecule has 0 spiro atoms. The Morgan fingerprint density at radius 3 is 2.27 bits per heavy atom. The largest absolute Gasteiger partial charge is 0.447 e. The Morgan fingerprint density at radius 2 is 1.68 bits per heavy atom. The first kappa shape index (κ1) is 32.7. The van der Waals surface area contributed by atoms with Gasteiger partial charge in [0.25, 0.3) is 0 Å². The zero-order valence-corrected chi connectivity index (χ0v) is 26.6. The summed E-state index contributed by atoms with van der Waals surface area (Å²) >= 11 is 0. The molecule has 224 valence electrons. The number of hydrogen-bond acceptors (Lipinski definition) is 6. The average Bonchev–Trinajstić information content (AvgIpc) is 3.29. The summed E-state index contributed by atoms with van der Waals surface area (Å²) in [6.07, 6.45) is 0.593. The quantitative estimate of drug-likeness (QED) is 0.214. The Labute approximate surface area is 246 Å². The summed E-state index contributed by atoms with van der Waals surface area (Å²) in [4.78, 5) is 27.2. The molecule has 41 heavy (non-hydrogen) atoms. The van der Waals surface area contributed by atoms with E-state index in [9.17, 15) is 14.7 Å². The lowest BCUT2D eigenvalue weighted by Gasteiger charge is -2.36. The number of carbonyl (C=O) groups excluding carboxylic acids is 2. The van der Waals surface area contributed by atoms with Gasteiger partial charge in [-0.05, 0) is 48.2 Å². The maximum atomic E-state index is 13.5. The molecule has 1 aliphatic rings. The summed E-state index contributed by atoms with van der Waals surface area (Å²) < 4.78 is 17.9. The fraction of sp³-hybridized carbons (Fsp3) is 0.515. The van der Waals surface area contributed by atoms with Gasteiger partial charge in [-0.1, -0.05) is 94.4 Å². The number of ether oxygens (including phenoxy) is 2. The van der Waals surface area contributed by atoms with Gasteiger partial charge in [0.1, 0.15) is 6.61 Å². The topological polar surface area (TPSA) is 85.3 Å². The molecule has 0 radical (unpaired) electrons. The molecular formula is C33H47NO6Si. The van der Waals surface area contributed by atoms with Crippen molar-refractivity contribution in [1.82, 2.24) is 4.90 Å². The molecule has 1 fully saturated rings. The number of cyclic esters (lactones) is 1. The minimum atomic E-state index is -1.93. The molecule has 2 amide bonds. The molecule has 3 rings (SSSR count). The standard InChI is InChI=1S/C33H47NO6Si/c1-24(18-19-40-41(6,7)33(3,4)5)30(38-22-27-16-12-9-13-17-27)21-29(35)25(2)31(36)34-28(23-39-32(34)37)20-26-14-10-8-11-15-26/h8-18,25,28-30,35H,19-23H2,1-7H3/b24-18+/t25-,28-,29+,30-/m0/s1. The van der Waals surface area contributed by atoms with Crippen LogP contribution in [0.5, 0.6) is 0 Å². The molecule has 0 aliphatic carbocycles. The number of carbonyl (C=O) groups is 2. The third-order valence-corrected chi connectivity index (χ3v) is 12.9. The van der Waals surface area contributed by atoms with Crippen LogP contribution in [-0.2, 0) is 31.7 Å². The Morgan fingerprint density at radius 1 is 1.10 bits per heavy atom. The van der Waals surface area contributed by atoms with Crippen molar-refractivity contribution in [3.63, 3.8) is 0 Å². The Bertz CT molecular complexity index is 1160. The number of imide groups is 1. The highest BCUT2D eigenvalue weighted by Gasteiger charge is 2.42. The fourth-order valence-electron chi connectivity index (χ4n) is 4.46. The Hall–Kier alpha value is -2.78. The lowest BCUT2D eigenvalue weighted by molar-refractivity contribution is -0.137. The second-order valence-corrected chi connectivity index (χ2v) is 17.3. The molecule has 0 aromatic heterocycles. The molecule has 1 heterocycles. The van der Waals surface area contributed by atoms with E-state index in [-0.39, 0.29) is 18.1 Å². The van der Waals surface area contributed by atoms with Crippen molar-refractivity contribution in [2.45, 2.75) is 90.4 Å². The van der Waals surface area contributed by atoms with Crippen LogP contribution in [0.1, 0.15) is 52.2 Å². The van der Waals surface area contributed by atoms with Gasteiger partial charge in [0.05, 0.1) is 37.4 Å². The average molecular weight is 582 g/mol. The van der Waals surface area contributed by atoms with Gasteiger partial charge in [-0.2, -0.15) is 0 Å². The minimum Gasteiger partial charge on any atom is -0.447 e. The van der Waals surface area contributed by atoms with Crippen LogP contribution in [-0.4, -0.2) is 61.8 Å². The minimum absolute atomic E-state index is 0.0963. The van der Waals surface area contributed by atoms with E-state index in [1.165, 1.54) is 4.90 Å². The maximum Gasteiger partial charge on any atom is 0.416 e. The number of hydrogen-bond donors (Lipinski definition) is 1. The zero-order valence-electron chi connectivity index (χ0n) is 25.6. The van der Waals surface area contributed by atoms with Crippen molar-refractivity contribution < 1.29 is 28.6 Å². The molecule has 1 aliphatic heterocycles. The van der Waals surface area contributed by atoms with E-state index in [0.29, 0.717) is 19.6 Å². The number of rotatable bonds is 13. The first-order valence-electron chi connectivity index (χ1n) is 14.5. The second kappa shape index (κ2) is 14.4. The van der Waals surface area contributed by atoms with Crippen molar-refractivity contribution in [1.29, 1.82) is 0 Å². The predicted molar refractivity (Wildman–Crippen MR) is 164 cm³/mol. The number of aliphatic hydroxyl groups excluding tert-OH is 1. The smallest absolute Gasteiger partial charge is 0.416 e. The van der Waals surface area contributed by atoms with Gasteiger partial charge in [-0.3, -0.25) is 4.79 Å². The van der Waals surface area contributed by atoms with E-state index in [1.807, 2.05) is 73.7 Å². The lowest BCUT2D eigenvalue weighted by atomic mass is 9.94. The molecule has 8 heteroatoms. The van der Waals surface area contributed by atoms with E-state index >= 15 is 0 Å². The number of benzene rings is 2. The maximum absolute atomic E-state index is 13.5.